The lowest BCUT2D eigenvalue weighted by molar-refractivity contribution is 0.529. The quantitative estimate of drug-likeness (QED) is 0.522. The second-order valence-electron chi connectivity index (χ2n) is 6.94. The molecule has 4 rings (SSSR count). The Labute approximate surface area is 181 Å². The summed E-state index contributed by atoms with van der Waals surface area (Å²) in [6.45, 7) is 0. The van der Waals surface area contributed by atoms with Gasteiger partial charge in [-0.2, -0.15) is 0 Å². The average Bonchev–Trinajstić information content (AvgIpc) is 2.75. The summed E-state index contributed by atoms with van der Waals surface area (Å²) in [6, 6.07) is 16.5. The van der Waals surface area contributed by atoms with Gasteiger partial charge in [-0.05, 0) is 72.9 Å². The van der Waals surface area contributed by atoms with Crippen LogP contribution < -0.4 is 15.4 Å². The van der Waals surface area contributed by atoms with Crippen molar-refractivity contribution in [2.75, 3.05) is 10.0 Å². The summed E-state index contributed by atoms with van der Waals surface area (Å²) in [4.78, 5) is 7.87. The van der Waals surface area contributed by atoms with Crippen molar-refractivity contribution >= 4 is 39.0 Å². The fourth-order valence-electron chi connectivity index (χ4n) is 3.48. The number of thiocarbonyl (C=S) groups is 1. The van der Waals surface area contributed by atoms with E-state index in [0.717, 1.165) is 19.3 Å². The molecule has 0 saturated heterocycles. The highest BCUT2D eigenvalue weighted by molar-refractivity contribution is 7.92. The van der Waals surface area contributed by atoms with Crippen molar-refractivity contribution in [1.82, 2.24) is 15.3 Å². The molecule has 3 N–H and O–H groups in total. The van der Waals surface area contributed by atoms with E-state index in [0.29, 0.717) is 10.8 Å². The summed E-state index contributed by atoms with van der Waals surface area (Å²) in [7, 11) is -3.77. The molecule has 1 aromatic heterocycles. The first-order valence-corrected chi connectivity index (χ1v) is 11.5. The molecular weight excluding hydrogens is 418 g/mol. The first-order valence-electron chi connectivity index (χ1n) is 9.56. The van der Waals surface area contributed by atoms with Gasteiger partial charge >= 0.3 is 0 Å². The maximum Gasteiger partial charge on any atom is 0.264 e. The third-order valence-corrected chi connectivity index (χ3v) is 6.45. The summed E-state index contributed by atoms with van der Waals surface area (Å²) in [5.74, 6) is 0.0258. The van der Waals surface area contributed by atoms with Crippen molar-refractivity contribution in [3.8, 4) is 0 Å². The second-order valence-corrected chi connectivity index (χ2v) is 9.04. The van der Waals surface area contributed by atoms with E-state index in [1.54, 1.807) is 18.2 Å². The molecular formula is C21H21N5O2S2. The van der Waals surface area contributed by atoms with E-state index in [-0.39, 0.29) is 16.9 Å². The maximum atomic E-state index is 12.5. The monoisotopic (exact) mass is 439 g/mol. The van der Waals surface area contributed by atoms with Gasteiger partial charge in [0.15, 0.2) is 5.11 Å². The predicted octanol–water partition coefficient (Wildman–Crippen LogP) is 3.64. The number of aromatic nitrogens is 2. The molecule has 0 radical (unpaired) electrons. The van der Waals surface area contributed by atoms with Crippen molar-refractivity contribution < 1.29 is 8.42 Å². The standard InChI is InChI=1S/C21H21N5O2S2/c27-30(28,26-20-22-13-4-14-23-20)17-11-9-16(10-12-17)24-21(29)25-19-8-3-6-15-5-1-2-7-18(15)19/h1-2,4-5,7,9-14,19H,3,6,8H2,(H,22,23,26)(H2,24,25,29)/t19-/m1/s1. The third-order valence-electron chi connectivity index (χ3n) is 4.89. The van der Waals surface area contributed by atoms with Crippen molar-refractivity contribution in [2.24, 2.45) is 0 Å². The fraction of sp³-hybridized carbons (Fsp3) is 0.190. The molecule has 1 aliphatic rings. The zero-order valence-electron chi connectivity index (χ0n) is 16.1. The van der Waals surface area contributed by atoms with Crippen molar-refractivity contribution in [3.05, 3.63) is 78.1 Å². The number of nitrogens with one attached hydrogen (secondary N) is 3. The smallest absolute Gasteiger partial charge is 0.264 e. The molecule has 9 heteroatoms. The summed E-state index contributed by atoms with van der Waals surface area (Å²) >= 11 is 5.47. The van der Waals surface area contributed by atoms with Crippen molar-refractivity contribution in [3.63, 3.8) is 0 Å². The summed E-state index contributed by atoms with van der Waals surface area (Å²) in [6.07, 6.45) is 6.16. The Hall–Kier alpha value is -3.04. The molecule has 2 aromatic carbocycles. The van der Waals surface area contributed by atoms with Crippen LogP contribution in [0.5, 0.6) is 0 Å². The Morgan fingerprint density at radius 3 is 2.50 bits per heavy atom. The van der Waals surface area contributed by atoms with E-state index in [9.17, 15) is 8.42 Å². The summed E-state index contributed by atoms with van der Waals surface area (Å²) in [5, 5.41) is 7.01. The molecule has 7 nitrogen and oxygen atoms in total. The van der Waals surface area contributed by atoms with Gasteiger partial charge in [-0.15, -0.1) is 0 Å². The van der Waals surface area contributed by atoms with Gasteiger partial charge in [-0.1, -0.05) is 24.3 Å². The average molecular weight is 440 g/mol. The number of hydrogen-bond donors (Lipinski definition) is 3. The van der Waals surface area contributed by atoms with Crippen LogP contribution in [0.15, 0.2) is 71.9 Å². The number of sulfonamides is 1. The van der Waals surface area contributed by atoms with Gasteiger partial charge in [0.1, 0.15) is 0 Å². The topological polar surface area (TPSA) is 96.0 Å². The molecule has 154 valence electrons. The highest BCUT2D eigenvalue weighted by Crippen LogP contribution is 2.29. The fourth-order valence-corrected chi connectivity index (χ4v) is 4.70. The first kappa shape index (κ1) is 20.2. The first-order chi connectivity index (χ1) is 14.5. The van der Waals surface area contributed by atoms with Gasteiger partial charge in [-0.3, -0.25) is 0 Å². The minimum Gasteiger partial charge on any atom is -0.356 e. The zero-order valence-corrected chi connectivity index (χ0v) is 17.7. The SMILES string of the molecule is O=S(=O)(Nc1ncccn1)c1ccc(NC(=S)N[C@@H]2CCCc3ccccc32)cc1. The number of rotatable bonds is 5. The maximum absolute atomic E-state index is 12.5. The van der Waals surface area contributed by atoms with E-state index in [1.807, 2.05) is 6.07 Å². The van der Waals surface area contributed by atoms with Gasteiger partial charge < -0.3 is 10.6 Å². The van der Waals surface area contributed by atoms with E-state index in [1.165, 1.54) is 35.7 Å². The van der Waals surface area contributed by atoms with Crippen LogP contribution in [0.2, 0.25) is 0 Å². The molecule has 0 spiro atoms. The van der Waals surface area contributed by atoms with Gasteiger partial charge in [0.25, 0.3) is 10.0 Å². The van der Waals surface area contributed by atoms with Crippen LogP contribution in [0.25, 0.3) is 0 Å². The largest absolute Gasteiger partial charge is 0.356 e. The Morgan fingerprint density at radius 1 is 1.00 bits per heavy atom. The van der Waals surface area contributed by atoms with Crippen LogP contribution in [0.4, 0.5) is 11.6 Å². The van der Waals surface area contributed by atoms with Crippen molar-refractivity contribution in [2.45, 2.75) is 30.2 Å². The van der Waals surface area contributed by atoms with Gasteiger partial charge in [0.2, 0.25) is 5.95 Å². The second kappa shape index (κ2) is 8.76. The molecule has 3 aromatic rings. The molecule has 0 unspecified atom stereocenters. The molecule has 1 atom stereocenters. The Morgan fingerprint density at radius 2 is 1.73 bits per heavy atom. The Bertz CT molecular complexity index is 1140. The molecule has 0 fully saturated rings. The number of hydrogen-bond acceptors (Lipinski definition) is 5. The van der Waals surface area contributed by atoms with Crippen LogP contribution in [0, 0.1) is 0 Å². The predicted molar refractivity (Wildman–Crippen MR) is 121 cm³/mol. The van der Waals surface area contributed by atoms with Crippen LogP contribution in [-0.4, -0.2) is 23.5 Å². The molecule has 30 heavy (non-hydrogen) atoms. The lowest BCUT2D eigenvalue weighted by Crippen LogP contribution is -2.34. The number of benzene rings is 2. The molecule has 0 aliphatic heterocycles. The number of anilines is 2. The Kier molecular flexibility index (Phi) is 5.91. The Balaban J connectivity index is 1.40. The number of fused-ring (bicyclic) bond motifs is 1. The van der Waals surface area contributed by atoms with Crippen LogP contribution in [0.3, 0.4) is 0 Å². The lowest BCUT2D eigenvalue weighted by Gasteiger charge is -2.27. The molecule has 1 heterocycles. The summed E-state index contributed by atoms with van der Waals surface area (Å²) in [5.41, 5.74) is 3.34. The zero-order chi connectivity index (χ0) is 21.0. The van der Waals surface area contributed by atoms with E-state index in [4.69, 9.17) is 12.2 Å². The molecule has 1 aliphatic carbocycles. The normalized spacial score (nSPS) is 15.7. The van der Waals surface area contributed by atoms with E-state index < -0.39 is 10.0 Å². The van der Waals surface area contributed by atoms with E-state index >= 15 is 0 Å². The summed E-state index contributed by atoms with van der Waals surface area (Å²) < 4.78 is 27.3. The lowest BCUT2D eigenvalue weighted by atomic mass is 9.88. The molecule has 0 bridgehead atoms. The van der Waals surface area contributed by atoms with E-state index in [2.05, 4.69) is 43.5 Å². The molecule has 0 saturated carbocycles. The third kappa shape index (κ3) is 4.74. The number of aryl methyl sites for hydroxylation is 1. The number of nitrogens with zero attached hydrogens (tertiary/aromatic N) is 2. The van der Waals surface area contributed by atoms with Crippen LogP contribution in [0.1, 0.15) is 30.0 Å². The highest BCUT2D eigenvalue weighted by atomic mass is 32.2. The van der Waals surface area contributed by atoms with Crippen molar-refractivity contribution in [1.29, 1.82) is 0 Å². The minimum absolute atomic E-state index is 0.0258. The molecule has 0 amide bonds. The van der Waals surface area contributed by atoms with Crippen LogP contribution in [-0.2, 0) is 16.4 Å². The van der Waals surface area contributed by atoms with Gasteiger partial charge in [0, 0.05) is 18.1 Å². The highest BCUT2D eigenvalue weighted by Gasteiger charge is 2.20. The van der Waals surface area contributed by atoms with Crippen LogP contribution >= 0.6 is 12.2 Å². The minimum atomic E-state index is -3.77. The van der Waals surface area contributed by atoms with Gasteiger partial charge in [-0.25, -0.2) is 23.1 Å². The van der Waals surface area contributed by atoms with Gasteiger partial charge in [0.05, 0.1) is 10.9 Å².